The van der Waals surface area contributed by atoms with Crippen molar-refractivity contribution in [1.29, 1.82) is 0 Å². The van der Waals surface area contributed by atoms with Crippen molar-refractivity contribution in [2.24, 2.45) is 16.2 Å². The molecule has 2 aliphatic rings. The van der Waals surface area contributed by atoms with Crippen LogP contribution in [0.25, 0.3) is 0 Å². The van der Waals surface area contributed by atoms with Gasteiger partial charge in [0.15, 0.2) is 0 Å². The second-order valence-corrected chi connectivity index (χ2v) is 14.9. The number of hydrogen-bond donors (Lipinski definition) is 3. The molecule has 3 amide bonds. The summed E-state index contributed by atoms with van der Waals surface area (Å²) in [5.41, 5.74) is 3.55. The average molecular weight is 810 g/mol. The van der Waals surface area contributed by atoms with Crippen molar-refractivity contribution in [2.75, 3.05) is 27.3 Å². The van der Waals surface area contributed by atoms with E-state index >= 15 is 0 Å². The average Bonchev–Trinajstić information content (AvgIpc) is 3.72. The number of aromatic nitrogens is 4. The number of aryl methyl sites for hydroxylation is 2. The molecule has 1 atom stereocenters. The molecule has 2 aromatic heterocycles. The Morgan fingerprint density at radius 3 is 1.86 bits per heavy atom. The number of oxime groups is 2. The summed E-state index contributed by atoms with van der Waals surface area (Å²) in [4.78, 5) is 61.7. The van der Waals surface area contributed by atoms with Crippen LogP contribution in [0.4, 0.5) is 4.79 Å². The molecule has 17 nitrogen and oxygen atoms in total. The largest absolute Gasteiger partial charge is 0.497 e. The van der Waals surface area contributed by atoms with Crippen LogP contribution in [0.5, 0.6) is 11.5 Å². The Balaban J connectivity index is 0.000000256. The van der Waals surface area contributed by atoms with Crippen molar-refractivity contribution < 1.29 is 38.6 Å². The number of methoxy groups -OCH3 is 2. The van der Waals surface area contributed by atoms with Gasteiger partial charge in [-0.15, -0.1) is 0 Å². The number of likely N-dealkylation sites (tertiary alicyclic amines) is 1. The highest BCUT2D eigenvalue weighted by Gasteiger charge is 2.35. The second-order valence-electron chi connectivity index (χ2n) is 14.9. The van der Waals surface area contributed by atoms with E-state index in [4.69, 9.17) is 24.3 Å². The van der Waals surface area contributed by atoms with Gasteiger partial charge >= 0.3 is 6.09 Å². The predicted molar refractivity (Wildman–Crippen MR) is 218 cm³/mol. The quantitative estimate of drug-likeness (QED) is 0.0988. The van der Waals surface area contributed by atoms with Gasteiger partial charge in [-0.2, -0.15) is 0 Å². The van der Waals surface area contributed by atoms with Gasteiger partial charge in [-0.1, -0.05) is 34.6 Å². The first-order chi connectivity index (χ1) is 28.2. The van der Waals surface area contributed by atoms with E-state index in [1.165, 1.54) is 6.07 Å². The number of carbonyl (C=O) groups is 3. The summed E-state index contributed by atoms with van der Waals surface area (Å²) in [6, 6.07) is 18.0. The molecule has 0 spiro atoms. The van der Waals surface area contributed by atoms with Gasteiger partial charge in [-0.25, -0.2) is 24.7 Å². The molecule has 59 heavy (non-hydrogen) atoms. The summed E-state index contributed by atoms with van der Waals surface area (Å²) in [6.45, 7) is 11.0. The molecule has 2 aliphatic heterocycles. The molecule has 2 aromatic carbocycles. The molecule has 17 heteroatoms. The summed E-state index contributed by atoms with van der Waals surface area (Å²) in [5.74, 6) is 2.10. The van der Waals surface area contributed by atoms with E-state index < -0.39 is 5.60 Å². The molecule has 3 N–H and O–H groups in total. The first-order valence-electron chi connectivity index (χ1n) is 19.2. The minimum atomic E-state index is -0.508. The van der Waals surface area contributed by atoms with Gasteiger partial charge in [0.1, 0.15) is 52.0 Å². The lowest BCUT2D eigenvalue weighted by atomic mass is 9.88. The molecule has 0 aliphatic carbocycles. The lowest BCUT2D eigenvalue weighted by molar-refractivity contribution is -0.00456. The van der Waals surface area contributed by atoms with E-state index in [1.807, 2.05) is 69.3 Å². The van der Waals surface area contributed by atoms with Gasteiger partial charge in [0.05, 0.1) is 31.8 Å². The molecule has 0 radical (unpaired) electrons. The molecule has 6 rings (SSSR count). The minimum Gasteiger partial charge on any atom is -0.497 e. The smallest absolute Gasteiger partial charge is 0.410 e. The molecule has 1 saturated heterocycles. The van der Waals surface area contributed by atoms with Crippen LogP contribution in [-0.4, -0.2) is 98.9 Å². The molecular weight excluding hydrogens is 759 g/mol. The molecular formula is C42H51N9O8. The maximum Gasteiger partial charge on any atom is 0.410 e. The lowest BCUT2D eigenvalue weighted by Crippen LogP contribution is -2.43. The number of piperidine rings is 1. The van der Waals surface area contributed by atoms with E-state index in [1.54, 1.807) is 39.0 Å². The molecule has 0 bridgehead atoms. The highest BCUT2D eigenvalue weighted by molar-refractivity contribution is 6.02. The number of carbonyl (C=O) groups excluding carboxylic acids is 3. The van der Waals surface area contributed by atoms with Crippen molar-refractivity contribution in [3.05, 3.63) is 106 Å². The third-order valence-corrected chi connectivity index (χ3v) is 9.28. The predicted octanol–water partition coefficient (Wildman–Crippen LogP) is 5.40. The van der Waals surface area contributed by atoms with Gasteiger partial charge < -0.3 is 39.8 Å². The normalized spacial score (nSPS) is 15.3. The Kier molecular flexibility index (Phi) is 14.9. The van der Waals surface area contributed by atoms with Gasteiger partial charge in [0.25, 0.3) is 11.8 Å². The van der Waals surface area contributed by atoms with Gasteiger partial charge in [0, 0.05) is 38.5 Å². The summed E-state index contributed by atoms with van der Waals surface area (Å²) < 4.78 is 15.7. The molecule has 0 saturated carbocycles. The fraction of sp³-hybridized carbons (Fsp3) is 0.405. The maximum atomic E-state index is 12.8. The number of hydrogen-bond acceptors (Lipinski definition) is 14. The Bertz CT molecular complexity index is 2130. The zero-order valence-corrected chi connectivity index (χ0v) is 34.4. The van der Waals surface area contributed by atoms with Crippen molar-refractivity contribution in [3.63, 3.8) is 0 Å². The number of nitrogens with zero attached hydrogens (tertiary/aromatic N) is 7. The summed E-state index contributed by atoms with van der Waals surface area (Å²) in [7, 11) is 3.21. The monoisotopic (exact) mass is 809 g/mol. The van der Waals surface area contributed by atoms with Crippen LogP contribution in [-0.2, 0) is 22.7 Å². The van der Waals surface area contributed by atoms with E-state index in [-0.39, 0.29) is 41.3 Å². The molecule has 4 aromatic rings. The summed E-state index contributed by atoms with van der Waals surface area (Å²) >= 11 is 0. The Hall–Kier alpha value is -6.65. The van der Waals surface area contributed by atoms with Crippen LogP contribution in [0, 0.1) is 19.8 Å². The highest BCUT2D eigenvalue weighted by atomic mass is 16.6. The zero-order chi connectivity index (χ0) is 42.5. The maximum absolute atomic E-state index is 12.8. The first-order valence-corrected chi connectivity index (χ1v) is 19.2. The molecule has 4 heterocycles. The zero-order valence-electron chi connectivity index (χ0n) is 34.4. The van der Waals surface area contributed by atoms with Gasteiger partial charge in [-0.3, -0.25) is 9.59 Å². The van der Waals surface area contributed by atoms with E-state index in [2.05, 4.69) is 40.9 Å². The van der Waals surface area contributed by atoms with Gasteiger partial charge in [0.2, 0.25) is 0 Å². The molecule has 312 valence electrons. The number of rotatable bonds is 11. The Morgan fingerprint density at radius 1 is 0.831 bits per heavy atom. The second kappa shape index (κ2) is 20.2. The standard InChI is InChI=1S/C27H35N5O5.C15H16N4O3/c1-17-29-21(14-23(30-17)25(33)28-16-18-6-8-20(35-5)9-7-18)22-15-24(37-31-22)19-10-12-32(13-11-19)26(34)36-27(2,3)4;1-10-18-12(9-17-21)7-14(19-10)15(20)16-8-11-3-5-13(22-2)6-4-11/h6-9,14,19,24H,10-13,15-16H2,1-5H3,(H,28,33);3-7,9,21H,8H2,1-2H3,(H,16,20)/b;17-9+. The fourth-order valence-electron chi connectivity index (χ4n) is 6.28. The third kappa shape index (κ3) is 12.9. The fourth-order valence-corrected chi connectivity index (χ4v) is 6.28. The topological polar surface area (TPSA) is 212 Å². The number of benzene rings is 2. The Labute approximate surface area is 343 Å². The van der Waals surface area contributed by atoms with Crippen LogP contribution in [0.15, 0.2) is 71.0 Å². The molecule has 1 unspecified atom stereocenters. The van der Waals surface area contributed by atoms with Gasteiger partial charge in [-0.05, 0) is 95.0 Å². The molecule has 1 fully saturated rings. The van der Waals surface area contributed by atoms with Crippen molar-refractivity contribution in [2.45, 2.75) is 78.7 Å². The third-order valence-electron chi connectivity index (χ3n) is 9.28. The van der Waals surface area contributed by atoms with Crippen molar-refractivity contribution in [1.82, 2.24) is 35.5 Å². The Morgan fingerprint density at radius 2 is 1.36 bits per heavy atom. The number of nitrogens with one attached hydrogen (secondary N) is 2. The van der Waals surface area contributed by atoms with Crippen LogP contribution >= 0.6 is 0 Å². The van der Waals surface area contributed by atoms with Crippen molar-refractivity contribution in [3.8, 4) is 11.5 Å². The van der Waals surface area contributed by atoms with Crippen LogP contribution < -0.4 is 20.1 Å². The lowest BCUT2D eigenvalue weighted by Gasteiger charge is -2.34. The summed E-state index contributed by atoms with van der Waals surface area (Å²) in [6.07, 6.45) is 3.02. The van der Waals surface area contributed by atoms with Crippen LogP contribution in [0.2, 0.25) is 0 Å². The SMILES string of the molecule is COc1ccc(CNC(=O)c2cc(/C=N/O)nc(C)n2)cc1.COc1ccc(CNC(=O)c2cc(C3=NOC(C4CCN(C(=O)OC(C)(C)C)CC4)C3)nc(C)n2)cc1. The first kappa shape index (κ1) is 43.5. The minimum absolute atomic E-state index is 0.0848. The number of ether oxygens (including phenoxy) is 3. The summed E-state index contributed by atoms with van der Waals surface area (Å²) in [5, 5.41) is 21.4. The van der Waals surface area contributed by atoms with Crippen molar-refractivity contribution >= 4 is 29.8 Å². The van der Waals surface area contributed by atoms with Crippen LogP contribution in [0.1, 0.15) is 95.2 Å². The number of amides is 3. The van der Waals surface area contributed by atoms with E-state index in [0.29, 0.717) is 61.3 Å². The van der Waals surface area contributed by atoms with E-state index in [9.17, 15) is 14.4 Å². The van der Waals surface area contributed by atoms with Crippen LogP contribution in [0.3, 0.4) is 0 Å². The highest BCUT2D eigenvalue weighted by Crippen LogP contribution is 2.30. The van der Waals surface area contributed by atoms with E-state index in [0.717, 1.165) is 41.7 Å².